The molecule has 0 aromatic carbocycles. The Morgan fingerprint density at radius 2 is 2.42 bits per heavy atom. The number of nitrogens with one attached hydrogen (secondary N) is 1. The van der Waals surface area contributed by atoms with Gasteiger partial charge in [0.05, 0.1) is 17.3 Å². The van der Waals surface area contributed by atoms with Gasteiger partial charge in [-0.3, -0.25) is 5.10 Å². The lowest BCUT2D eigenvalue weighted by Crippen LogP contribution is -2.02. The molecule has 1 aromatic rings. The molecule has 0 unspecified atom stereocenters. The van der Waals surface area contributed by atoms with Crippen LogP contribution in [0.5, 0.6) is 0 Å². The topological polar surface area (TPSA) is 55.0 Å². The first-order chi connectivity index (χ1) is 5.70. The van der Waals surface area contributed by atoms with E-state index >= 15 is 0 Å². The van der Waals surface area contributed by atoms with E-state index in [9.17, 15) is 4.79 Å². The summed E-state index contributed by atoms with van der Waals surface area (Å²) in [6, 6.07) is 0. The lowest BCUT2D eigenvalue weighted by Gasteiger charge is -1.93. The molecule has 0 saturated heterocycles. The van der Waals surface area contributed by atoms with E-state index in [2.05, 4.69) is 46.8 Å². The highest BCUT2D eigenvalue weighted by Crippen LogP contribution is 2.21. The molecule has 0 aliphatic rings. The second-order valence-electron chi connectivity index (χ2n) is 1.99. The first kappa shape index (κ1) is 9.73. The zero-order valence-corrected chi connectivity index (χ0v) is 9.40. The number of hydrogen-bond donors (Lipinski definition) is 1. The summed E-state index contributed by atoms with van der Waals surface area (Å²) in [5.41, 5.74) is 1.09. The molecular weight excluding hydrogens is 292 g/mol. The summed E-state index contributed by atoms with van der Waals surface area (Å²) in [5.74, 6) is -0.453. The molecule has 1 rings (SSSR count). The number of nitrogens with zero attached hydrogens (tertiary/aromatic N) is 1. The summed E-state index contributed by atoms with van der Waals surface area (Å²) < 4.78 is 5.15. The second kappa shape index (κ2) is 4.04. The molecule has 0 amide bonds. The molecule has 0 aliphatic carbocycles. The number of rotatable bonds is 2. The minimum atomic E-state index is -0.453. The fourth-order valence-corrected chi connectivity index (χ4v) is 1.95. The smallest absolute Gasteiger partial charge is 0.359 e. The van der Waals surface area contributed by atoms with Crippen molar-refractivity contribution in [1.82, 2.24) is 10.2 Å². The van der Waals surface area contributed by atoms with Crippen LogP contribution in [0.1, 0.15) is 16.2 Å². The van der Waals surface area contributed by atoms with Gasteiger partial charge >= 0.3 is 5.97 Å². The zero-order chi connectivity index (χ0) is 9.14. The molecular formula is C6H6Br2N2O2. The maximum absolute atomic E-state index is 11.0. The summed E-state index contributed by atoms with van der Waals surface area (Å²) in [6.07, 6.45) is 0. The number of hydrogen-bond acceptors (Lipinski definition) is 3. The largest absolute Gasteiger partial charge is 0.464 e. The number of halogens is 2. The van der Waals surface area contributed by atoms with Crippen molar-refractivity contribution in [3.05, 3.63) is 15.9 Å². The fraction of sp³-hybridized carbons (Fsp3) is 0.333. The van der Waals surface area contributed by atoms with Gasteiger partial charge in [0.25, 0.3) is 0 Å². The van der Waals surface area contributed by atoms with Crippen LogP contribution in [-0.4, -0.2) is 23.3 Å². The van der Waals surface area contributed by atoms with E-state index in [1.165, 1.54) is 7.11 Å². The standard InChI is InChI=1S/C6H6Br2N2O2/c1-12-6(11)5-4(8)3(2-7)9-10-5/h2H2,1H3,(H,9,10). The number of methoxy groups -OCH3 is 1. The van der Waals surface area contributed by atoms with Crippen molar-refractivity contribution in [1.29, 1.82) is 0 Å². The molecule has 0 bridgehead atoms. The predicted molar refractivity (Wildman–Crippen MR) is 50.3 cm³/mol. The fourth-order valence-electron chi connectivity index (χ4n) is 0.685. The van der Waals surface area contributed by atoms with E-state index in [1.54, 1.807) is 0 Å². The SMILES string of the molecule is COC(=O)c1n[nH]c(CBr)c1Br. The van der Waals surface area contributed by atoms with Crippen LogP contribution in [0.25, 0.3) is 0 Å². The average molecular weight is 298 g/mol. The van der Waals surface area contributed by atoms with Crippen LogP contribution in [0.3, 0.4) is 0 Å². The Hall–Kier alpha value is -0.360. The molecule has 0 atom stereocenters. The highest BCUT2D eigenvalue weighted by molar-refractivity contribution is 9.10. The van der Waals surface area contributed by atoms with E-state index in [1.807, 2.05) is 0 Å². The first-order valence-corrected chi connectivity index (χ1v) is 4.99. The summed E-state index contributed by atoms with van der Waals surface area (Å²) in [6.45, 7) is 0. The van der Waals surface area contributed by atoms with E-state index in [4.69, 9.17) is 0 Å². The third-order valence-corrected chi connectivity index (χ3v) is 2.70. The van der Waals surface area contributed by atoms with Crippen molar-refractivity contribution >= 4 is 37.8 Å². The van der Waals surface area contributed by atoms with Crippen LogP contribution in [0.15, 0.2) is 4.47 Å². The maximum Gasteiger partial charge on any atom is 0.359 e. The predicted octanol–water partition coefficient (Wildman–Crippen LogP) is 1.85. The molecule has 1 N–H and O–H groups in total. The van der Waals surface area contributed by atoms with Gasteiger partial charge in [-0.2, -0.15) is 5.10 Å². The molecule has 4 nitrogen and oxygen atoms in total. The zero-order valence-electron chi connectivity index (χ0n) is 6.23. The van der Waals surface area contributed by atoms with Crippen LogP contribution in [0.4, 0.5) is 0 Å². The van der Waals surface area contributed by atoms with Gasteiger partial charge in [-0.15, -0.1) is 0 Å². The molecule has 0 saturated carbocycles. The van der Waals surface area contributed by atoms with Gasteiger partial charge in [-0.25, -0.2) is 4.79 Å². The molecule has 0 radical (unpaired) electrons. The Bertz CT molecular complexity index is 298. The quantitative estimate of drug-likeness (QED) is 0.669. The first-order valence-electron chi connectivity index (χ1n) is 3.07. The highest BCUT2D eigenvalue weighted by Gasteiger charge is 2.16. The number of esters is 1. The number of H-pyrrole nitrogens is 1. The highest BCUT2D eigenvalue weighted by atomic mass is 79.9. The molecule has 0 fully saturated rings. The number of aromatic nitrogens is 2. The molecule has 0 spiro atoms. The molecule has 66 valence electrons. The number of ether oxygens (including phenoxy) is 1. The summed E-state index contributed by atoms with van der Waals surface area (Å²) >= 11 is 6.47. The third-order valence-electron chi connectivity index (χ3n) is 1.29. The Kier molecular flexibility index (Phi) is 3.28. The Labute approximate surface area is 85.9 Å². The summed E-state index contributed by atoms with van der Waals surface area (Å²) in [4.78, 5) is 11.0. The minimum Gasteiger partial charge on any atom is -0.464 e. The lowest BCUT2D eigenvalue weighted by molar-refractivity contribution is 0.0593. The second-order valence-corrected chi connectivity index (χ2v) is 3.34. The Morgan fingerprint density at radius 1 is 1.75 bits per heavy atom. The van der Waals surface area contributed by atoms with Crippen molar-refractivity contribution in [2.45, 2.75) is 5.33 Å². The van der Waals surface area contributed by atoms with Gasteiger partial charge in [0.15, 0.2) is 5.69 Å². The monoisotopic (exact) mass is 296 g/mol. The number of aromatic amines is 1. The number of carbonyl (C=O) groups excluding carboxylic acids is 1. The summed E-state index contributed by atoms with van der Waals surface area (Å²) in [5, 5.41) is 7.08. The van der Waals surface area contributed by atoms with Gasteiger partial charge in [-0.05, 0) is 15.9 Å². The summed E-state index contributed by atoms with van der Waals surface area (Å²) in [7, 11) is 1.32. The molecule has 12 heavy (non-hydrogen) atoms. The van der Waals surface area contributed by atoms with Gasteiger partial charge in [0.2, 0.25) is 0 Å². The van der Waals surface area contributed by atoms with Crippen LogP contribution in [0, 0.1) is 0 Å². The molecule has 1 aromatic heterocycles. The van der Waals surface area contributed by atoms with E-state index in [0.29, 0.717) is 9.80 Å². The van der Waals surface area contributed by atoms with Crippen LogP contribution < -0.4 is 0 Å². The molecule has 0 aliphatic heterocycles. The van der Waals surface area contributed by atoms with Crippen molar-refractivity contribution in [3.8, 4) is 0 Å². The lowest BCUT2D eigenvalue weighted by atomic mass is 10.4. The maximum atomic E-state index is 11.0. The van der Waals surface area contributed by atoms with E-state index in [0.717, 1.165) is 5.69 Å². The number of carbonyl (C=O) groups is 1. The Morgan fingerprint density at radius 3 is 2.83 bits per heavy atom. The third kappa shape index (κ3) is 1.69. The minimum absolute atomic E-state index is 0.270. The van der Waals surface area contributed by atoms with Crippen LogP contribution in [0.2, 0.25) is 0 Å². The molecule has 1 heterocycles. The van der Waals surface area contributed by atoms with Crippen molar-refractivity contribution in [2.75, 3.05) is 7.11 Å². The Balaban J connectivity index is 3.02. The van der Waals surface area contributed by atoms with Gasteiger partial charge in [0, 0.05) is 5.33 Å². The van der Waals surface area contributed by atoms with Crippen LogP contribution >= 0.6 is 31.9 Å². The number of alkyl halides is 1. The van der Waals surface area contributed by atoms with Crippen molar-refractivity contribution < 1.29 is 9.53 Å². The van der Waals surface area contributed by atoms with E-state index in [-0.39, 0.29) is 5.69 Å². The normalized spacial score (nSPS) is 9.92. The van der Waals surface area contributed by atoms with Gasteiger partial charge in [-0.1, -0.05) is 15.9 Å². The van der Waals surface area contributed by atoms with Gasteiger partial charge < -0.3 is 4.74 Å². The van der Waals surface area contributed by atoms with E-state index < -0.39 is 5.97 Å². The average Bonchev–Trinajstić information content (AvgIpc) is 2.45. The van der Waals surface area contributed by atoms with Gasteiger partial charge in [0.1, 0.15) is 0 Å². The van der Waals surface area contributed by atoms with Crippen molar-refractivity contribution in [3.63, 3.8) is 0 Å². The van der Waals surface area contributed by atoms with Crippen molar-refractivity contribution in [2.24, 2.45) is 0 Å². The van der Waals surface area contributed by atoms with Crippen LogP contribution in [-0.2, 0) is 10.1 Å². The molecule has 6 heteroatoms.